The first-order valence-corrected chi connectivity index (χ1v) is 9.25. The molecular formula is C22H18N4O4. The zero-order valence-electron chi connectivity index (χ0n) is 16.1. The lowest BCUT2D eigenvalue weighted by atomic mass is 10.1. The predicted molar refractivity (Wildman–Crippen MR) is 110 cm³/mol. The lowest BCUT2D eigenvalue weighted by molar-refractivity contribution is -0.384. The fourth-order valence-electron chi connectivity index (χ4n) is 3.06. The van der Waals surface area contributed by atoms with Crippen molar-refractivity contribution in [2.75, 3.05) is 0 Å². The maximum Gasteiger partial charge on any atom is 0.287 e. The number of nitro groups is 1. The minimum Gasteiger partial charge on any atom is -0.451 e. The molecule has 0 bridgehead atoms. The maximum atomic E-state index is 12.6. The Morgan fingerprint density at radius 1 is 1.10 bits per heavy atom. The van der Waals surface area contributed by atoms with Gasteiger partial charge in [0, 0.05) is 35.8 Å². The number of amides is 1. The zero-order chi connectivity index (χ0) is 21.1. The number of nitrogens with zero attached hydrogens (tertiary/aromatic N) is 3. The Hall–Kier alpha value is -4.20. The van der Waals surface area contributed by atoms with E-state index in [4.69, 9.17) is 4.42 Å². The van der Waals surface area contributed by atoms with Gasteiger partial charge in [-0.1, -0.05) is 12.1 Å². The summed E-state index contributed by atoms with van der Waals surface area (Å²) in [5.41, 5.74) is 2.59. The van der Waals surface area contributed by atoms with Gasteiger partial charge in [0.25, 0.3) is 11.6 Å². The van der Waals surface area contributed by atoms with Gasteiger partial charge in [0.15, 0.2) is 5.76 Å². The summed E-state index contributed by atoms with van der Waals surface area (Å²) >= 11 is 0. The van der Waals surface area contributed by atoms with Crippen LogP contribution in [0.2, 0.25) is 0 Å². The van der Waals surface area contributed by atoms with Crippen molar-refractivity contribution in [3.63, 3.8) is 0 Å². The number of carbonyl (C=O) groups excluding carboxylic acids is 1. The van der Waals surface area contributed by atoms with Gasteiger partial charge in [-0.25, -0.2) is 4.98 Å². The van der Waals surface area contributed by atoms with Crippen molar-refractivity contribution in [2.45, 2.75) is 13.0 Å². The van der Waals surface area contributed by atoms with Crippen molar-refractivity contribution >= 4 is 11.6 Å². The molecule has 1 atom stereocenters. The number of imidazole rings is 1. The van der Waals surface area contributed by atoms with Gasteiger partial charge in [-0.2, -0.15) is 0 Å². The number of nitro benzene ring substituents is 1. The van der Waals surface area contributed by atoms with E-state index in [0.29, 0.717) is 11.3 Å². The van der Waals surface area contributed by atoms with Crippen molar-refractivity contribution in [2.24, 2.45) is 0 Å². The molecule has 0 spiro atoms. The Balaban J connectivity index is 1.43. The van der Waals surface area contributed by atoms with E-state index in [-0.39, 0.29) is 23.4 Å². The number of hydrogen-bond donors (Lipinski definition) is 1. The third kappa shape index (κ3) is 3.97. The average molecular weight is 402 g/mol. The van der Waals surface area contributed by atoms with Crippen LogP contribution in [0.4, 0.5) is 5.69 Å². The molecule has 0 fully saturated rings. The third-order valence-corrected chi connectivity index (χ3v) is 4.74. The van der Waals surface area contributed by atoms with E-state index in [1.54, 1.807) is 36.8 Å². The maximum absolute atomic E-state index is 12.6. The molecule has 0 aliphatic carbocycles. The Bertz CT molecular complexity index is 1160. The Morgan fingerprint density at radius 2 is 1.83 bits per heavy atom. The van der Waals surface area contributed by atoms with Gasteiger partial charge >= 0.3 is 0 Å². The normalized spacial score (nSPS) is 11.8. The molecular weight excluding hydrogens is 384 g/mol. The summed E-state index contributed by atoms with van der Waals surface area (Å²) in [5, 5.41) is 13.7. The molecule has 0 saturated heterocycles. The number of non-ortho nitro benzene ring substituents is 1. The number of carbonyl (C=O) groups is 1. The van der Waals surface area contributed by atoms with Gasteiger partial charge in [0.1, 0.15) is 5.76 Å². The highest BCUT2D eigenvalue weighted by Gasteiger charge is 2.16. The van der Waals surface area contributed by atoms with Crippen LogP contribution >= 0.6 is 0 Å². The highest BCUT2D eigenvalue weighted by atomic mass is 16.6. The lowest BCUT2D eigenvalue weighted by Crippen LogP contribution is -2.26. The number of furan rings is 1. The monoisotopic (exact) mass is 402 g/mol. The van der Waals surface area contributed by atoms with Crippen LogP contribution in [-0.2, 0) is 0 Å². The van der Waals surface area contributed by atoms with Crippen LogP contribution in [-0.4, -0.2) is 20.4 Å². The van der Waals surface area contributed by atoms with Crippen LogP contribution in [0.1, 0.15) is 29.1 Å². The van der Waals surface area contributed by atoms with E-state index < -0.39 is 4.92 Å². The molecule has 2 aromatic heterocycles. The largest absolute Gasteiger partial charge is 0.451 e. The Morgan fingerprint density at radius 3 is 2.47 bits per heavy atom. The fourth-order valence-corrected chi connectivity index (χ4v) is 3.06. The van der Waals surface area contributed by atoms with Gasteiger partial charge < -0.3 is 14.3 Å². The van der Waals surface area contributed by atoms with Gasteiger partial charge in [0.05, 0.1) is 17.3 Å². The Kier molecular flexibility index (Phi) is 5.13. The van der Waals surface area contributed by atoms with Crippen LogP contribution in [0, 0.1) is 10.1 Å². The minimum atomic E-state index is -0.464. The number of aromatic nitrogens is 2. The van der Waals surface area contributed by atoms with E-state index >= 15 is 0 Å². The van der Waals surface area contributed by atoms with E-state index in [1.165, 1.54) is 12.1 Å². The first-order chi connectivity index (χ1) is 14.5. The summed E-state index contributed by atoms with van der Waals surface area (Å²) in [6, 6.07) is 16.8. The molecule has 2 heterocycles. The van der Waals surface area contributed by atoms with Crippen molar-refractivity contribution in [3.8, 4) is 17.0 Å². The van der Waals surface area contributed by atoms with Crippen LogP contribution in [0.3, 0.4) is 0 Å². The van der Waals surface area contributed by atoms with Gasteiger partial charge in [-0.3, -0.25) is 14.9 Å². The first-order valence-electron chi connectivity index (χ1n) is 9.25. The molecule has 1 amide bonds. The topological polar surface area (TPSA) is 103 Å². The highest BCUT2D eigenvalue weighted by molar-refractivity contribution is 5.92. The van der Waals surface area contributed by atoms with Crippen LogP contribution in [0.15, 0.2) is 83.8 Å². The second-order valence-corrected chi connectivity index (χ2v) is 6.72. The molecule has 0 saturated carbocycles. The van der Waals surface area contributed by atoms with Crippen molar-refractivity contribution in [1.29, 1.82) is 0 Å². The minimum absolute atomic E-state index is 0.00356. The summed E-state index contributed by atoms with van der Waals surface area (Å²) < 4.78 is 7.54. The van der Waals surface area contributed by atoms with E-state index in [0.717, 1.165) is 11.3 Å². The predicted octanol–water partition coefficient (Wildman–Crippen LogP) is 4.53. The van der Waals surface area contributed by atoms with Crippen LogP contribution in [0.25, 0.3) is 17.0 Å². The second kappa shape index (κ2) is 8.04. The molecule has 8 heteroatoms. The standard InChI is InChI=1S/C22H18N4O4/c1-15(16-2-6-18(7-3-16)25-13-12-23-14-25)24-22(27)21-11-10-20(30-21)17-4-8-19(9-5-17)26(28)29/h2-15H,1H3,(H,24,27)/t15-/m0/s1. The molecule has 0 radical (unpaired) electrons. The van der Waals surface area contributed by atoms with Crippen molar-refractivity contribution < 1.29 is 14.1 Å². The smallest absolute Gasteiger partial charge is 0.287 e. The summed E-state index contributed by atoms with van der Waals surface area (Å²) in [5.74, 6) is 0.298. The summed E-state index contributed by atoms with van der Waals surface area (Å²) in [7, 11) is 0. The van der Waals surface area contributed by atoms with Gasteiger partial charge in [-0.05, 0) is 48.9 Å². The fraction of sp³-hybridized carbons (Fsp3) is 0.0909. The molecule has 1 N–H and O–H groups in total. The number of hydrogen-bond acceptors (Lipinski definition) is 5. The molecule has 0 aliphatic heterocycles. The summed E-state index contributed by atoms with van der Waals surface area (Å²) in [6.45, 7) is 1.89. The molecule has 150 valence electrons. The van der Waals surface area contributed by atoms with Crippen LogP contribution < -0.4 is 5.32 Å². The zero-order valence-corrected chi connectivity index (χ0v) is 16.1. The Labute approximate surface area is 171 Å². The quantitative estimate of drug-likeness (QED) is 0.377. The number of nitrogens with one attached hydrogen (secondary N) is 1. The summed E-state index contributed by atoms with van der Waals surface area (Å²) in [6.07, 6.45) is 5.30. The summed E-state index contributed by atoms with van der Waals surface area (Å²) in [4.78, 5) is 26.9. The molecule has 0 unspecified atom stereocenters. The molecule has 0 aliphatic rings. The van der Waals surface area contributed by atoms with Crippen molar-refractivity contribution in [3.05, 3.63) is 101 Å². The molecule has 2 aromatic carbocycles. The highest BCUT2D eigenvalue weighted by Crippen LogP contribution is 2.25. The SMILES string of the molecule is C[C@H](NC(=O)c1ccc(-c2ccc([N+](=O)[O-])cc2)o1)c1ccc(-n2ccnc2)cc1. The van der Waals surface area contributed by atoms with Gasteiger partial charge in [-0.15, -0.1) is 0 Å². The number of benzene rings is 2. The average Bonchev–Trinajstić information content (AvgIpc) is 3.46. The van der Waals surface area contributed by atoms with E-state index in [1.807, 2.05) is 42.0 Å². The molecule has 4 aromatic rings. The lowest BCUT2D eigenvalue weighted by Gasteiger charge is -2.14. The van der Waals surface area contributed by atoms with Crippen molar-refractivity contribution in [1.82, 2.24) is 14.9 Å². The molecule has 30 heavy (non-hydrogen) atoms. The molecule has 4 rings (SSSR count). The number of rotatable bonds is 6. The second-order valence-electron chi connectivity index (χ2n) is 6.72. The van der Waals surface area contributed by atoms with Gasteiger partial charge in [0.2, 0.25) is 0 Å². The van der Waals surface area contributed by atoms with E-state index in [2.05, 4.69) is 10.3 Å². The van der Waals surface area contributed by atoms with Crippen LogP contribution in [0.5, 0.6) is 0 Å². The first kappa shape index (κ1) is 19.1. The third-order valence-electron chi connectivity index (χ3n) is 4.74. The molecule has 8 nitrogen and oxygen atoms in total. The van der Waals surface area contributed by atoms with E-state index in [9.17, 15) is 14.9 Å².